The molecule has 0 aliphatic heterocycles. The minimum atomic E-state index is -0.626. The van der Waals surface area contributed by atoms with Crippen molar-refractivity contribution in [1.82, 2.24) is 19.1 Å². The molecule has 4 nitrogen and oxygen atoms in total. The minimum absolute atomic E-state index is 0.0720. The quantitative estimate of drug-likeness (QED) is 0.160. The molecule has 0 spiro atoms. The van der Waals surface area contributed by atoms with Gasteiger partial charge in [0, 0.05) is 50.6 Å². The Morgan fingerprint density at radius 1 is 0.369 bits per heavy atom. The van der Waals surface area contributed by atoms with Gasteiger partial charge < -0.3 is 9.13 Å². The SMILES string of the molecule is Cc1c(-n2c3ccccc3c3ccc(-c4ccnc(-c5ccccc5)c4)cc32)ccc(-c2c(F)cccc2F)c1-n1c2ccccc2c2ccc(-c3ccnc(-c4ccccc4)c3)cc21. The van der Waals surface area contributed by atoms with Crippen LogP contribution in [0.15, 0.2) is 213 Å². The van der Waals surface area contributed by atoms with Crippen molar-refractivity contribution < 1.29 is 8.78 Å². The van der Waals surface area contributed by atoms with E-state index in [1.165, 1.54) is 18.2 Å². The third-order valence-corrected chi connectivity index (χ3v) is 12.8. The molecule has 308 valence electrons. The number of pyridine rings is 2. The van der Waals surface area contributed by atoms with Crippen LogP contribution in [0.25, 0.3) is 111 Å². The lowest BCUT2D eigenvalue weighted by molar-refractivity contribution is 0.589. The van der Waals surface area contributed by atoms with E-state index in [0.29, 0.717) is 11.3 Å². The van der Waals surface area contributed by atoms with Gasteiger partial charge in [-0.1, -0.05) is 127 Å². The van der Waals surface area contributed by atoms with Gasteiger partial charge in [-0.3, -0.25) is 9.97 Å². The van der Waals surface area contributed by atoms with Crippen LogP contribution in [0.5, 0.6) is 0 Å². The van der Waals surface area contributed by atoms with Crippen LogP contribution in [-0.2, 0) is 0 Å². The van der Waals surface area contributed by atoms with E-state index in [1.807, 2.05) is 85.2 Å². The van der Waals surface area contributed by atoms with Crippen LogP contribution >= 0.6 is 0 Å². The Balaban J connectivity index is 1.13. The van der Waals surface area contributed by atoms with Gasteiger partial charge in [-0.15, -0.1) is 0 Å². The average molecular weight is 841 g/mol. The molecule has 0 amide bonds. The number of benzene rings is 8. The van der Waals surface area contributed by atoms with Crippen LogP contribution in [0, 0.1) is 18.6 Å². The number of fused-ring (bicyclic) bond motifs is 6. The highest BCUT2D eigenvalue weighted by Gasteiger charge is 2.25. The normalized spacial score (nSPS) is 11.6. The van der Waals surface area contributed by atoms with Gasteiger partial charge in [-0.2, -0.15) is 0 Å². The standard InChI is InChI=1S/C59H38F2N4/c1-37-53(64-54-21-10-8-17-44(54)46-25-23-40(35-56(46)64)42-29-31-62-51(33-42)38-13-4-2-5-14-38)28-27-48(58-49(60)19-12-20-50(58)61)59(37)65-55-22-11-9-18-45(55)47-26-24-41(36-57(47)65)43-30-32-63-52(34-43)39-15-6-3-7-16-39/h2-36H,1H3. The van der Waals surface area contributed by atoms with Crippen molar-refractivity contribution in [2.24, 2.45) is 0 Å². The van der Waals surface area contributed by atoms with E-state index < -0.39 is 11.6 Å². The van der Waals surface area contributed by atoms with Gasteiger partial charge in [-0.25, -0.2) is 8.78 Å². The van der Waals surface area contributed by atoms with Gasteiger partial charge in [-0.05, 0) is 108 Å². The van der Waals surface area contributed by atoms with Crippen LogP contribution in [0.1, 0.15) is 5.56 Å². The van der Waals surface area contributed by atoms with Crippen LogP contribution in [-0.4, -0.2) is 19.1 Å². The molecular formula is C59H38F2N4. The van der Waals surface area contributed by atoms with E-state index in [1.54, 1.807) is 0 Å². The molecule has 0 atom stereocenters. The first-order valence-corrected chi connectivity index (χ1v) is 21.7. The fourth-order valence-electron chi connectivity index (χ4n) is 9.73. The minimum Gasteiger partial charge on any atom is -0.309 e. The Morgan fingerprint density at radius 2 is 0.831 bits per heavy atom. The monoisotopic (exact) mass is 840 g/mol. The number of aromatic nitrogens is 4. The summed E-state index contributed by atoms with van der Waals surface area (Å²) in [7, 11) is 0. The molecule has 12 aromatic rings. The summed E-state index contributed by atoms with van der Waals surface area (Å²) in [4.78, 5) is 9.41. The smallest absolute Gasteiger partial charge is 0.134 e. The van der Waals surface area contributed by atoms with Crippen molar-refractivity contribution in [3.63, 3.8) is 0 Å². The van der Waals surface area contributed by atoms with Gasteiger partial charge in [0.1, 0.15) is 11.6 Å². The third-order valence-electron chi connectivity index (χ3n) is 12.8. The first-order valence-electron chi connectivity index (χ1n) is 21.7. The van der Waals surface area contributed by atoms with Gasteiger partial charge in [0.25, 0.3) is 0 Å². The second kappa shape index (κ2) is 15.4. The highest BCUT2D eigenvalue weighted by Crippen LogP contribution is 2.44. The van der Waals surface area contributed by atoms with Crippen molar-refractivity contribution in [3.8, 4) is 67.3 Å². The molecule has 8 aromatic carbocycles. The summed E-state index contributed by atoms with van der Waals surface area (Å²) in [6.07, 6.45) is 3.71. The van der Waals surface area contributed by atoms with Gasteiger partial charge >= 0.3 is 0 Å². The fourth-order valence-corrected chi connectivity index (χ4v) is 9.73. The Labute approximate surface area is 374 Å². The van der Waals surface area contributed by atoms with Crippen LogP contribution in [0.3, 0.4) is 0 Å². The van der Waals surface area contributed by atoms with E-state index >= 15 is 8.78 Å². The molecule has 0 N–H and O–H groups in total. The summed E-state index contributed by atoms with van der Waals surface area (Å²) in [6, 6.07) is 66.5. The summed E-state index contributed by atoms with van der Waals surface area (Å²) in [5.74, 6) is -1.25. The van der Waals surface area contributed by atoms with Gasteiger partial charge in [0.15, 0.2) is 0 Å². The number of para-hydroxylation sites is 2. The summed E-state index contributed by atoms with van der Waals surface area (Å²) in [5, 5.41) is 4.26. The molecule has 0 fully saturated rings. The molecule has 4 aromatic heterocycles. The van der Waals surface area contributed by atoms with E-state index in [9.17, 15) is 0 Å². The second-order valence-electron chi connectivity index (χ2n) is 16.5. The Bertz CT molecular complexity index is 3790. The predicted octanol–water partition coefficient (Wildman–Crippen LogP) is 15.6. The molecule has 4 heterocycles. The number of hydrogen-bond acceptors (Lipinski definition) is 2. The van der Waals surface area contributed by atoms with Crippen LogP contribution in [0.2, 0.25) is 0 Å². The van der Waals surface area contributed by atoms with Crippen molar-refractivity contribution in [1.29, 1.82) is 0 Å². The number of rotatable bonds is 7. The molecule has 0 unspecified atom stereocenters. The lowest BCUT2D eigenvalue weighted by Crippen LogP contribution is -2.07. The summed E-state index contributed by atoms with van der Waals surface area (Å²) >= 11 is 0. The molecule has 0 saturated heterocycles. The molecule has 65 heavy (non-hydrogen) atoms. The largest absolute Gasteiger partial charge is 0.309 e. The number of halogens is 2. The van der Waals surface area contributed by atoms with Gasteiger partial charge in [0.2, 0.25) is 0 Å². The van der Waals surface area contributed by atoms with E-state index in [2.05, 4.69) is 125 Å². The maximum Gasteiger partial charge on any atom is 0.134 e. The zero-order valence-electron chi connectivity index (χ0n) is 35.3. The molecule has 6 heteroatoms. The predicted molar refractivity (Wildman–Crippen MR) is 263 cm³/mol. The third kappa shape index (κ3) is 6.33. The van der Waals surface area contributed by atoms with Crippen molar-refractivity contribution >= 4 is 43.6 Å². The molecule has 0 saturated carbocycles. The topological polar surface area (TPSA) is 35.6 Å². The first-order chi connectivity index (χ1) is 32.0. The number of hydrogen-bond donors (Lipinski definition) is 0. The Kier molecular flexibility index (Phi) is 9.05. The lowest BCUT2D eigenvalue weighted by Gasteiger charge is -2.22. The molecular weight excluding hydrogens is 803 g/mol. The highest BCUT2D eigenvalue weighted by molar-refractivity contribution is 6.12. The zero-order chi connectivity index (χ0) is 43.6. The molecule has 0 aliphatic carbocycles. The van der Waals surface area contributed by atoms with E-state index in [0.717, 1.165) is 99.6 Å². The van der Waals surface area contributed by atoms with Crippen molar-refractivity contribution in [2.45, 2.75) is 6.92 Å². The summed E-state index contributed by atoms with van der Waals surface area (Å²) < 4.78 is 37.0. The van der Waals surface area contributed by atoms with Crippen molar-refractivity contribution in [2.75, 3.05) is 0 Å². The molecule has 0 aliphatic rings. The van der Waals surface area contributed by atoms with Gasteiger partial charge in [0.05, 0.1) is 50.4 Å². The maximum absolute atomic E-state index is 16.2. The second-order valence-corrected chi connectivity index (χ2v) is 16.5. The number of nitrogens with zero attached hydrogens (tertiary/aromatic N) is 4. The highest BCUT2D eigenvalue weighted by atomic mass is 19.1. The van der Waals surface area contributed by atoms with Crippen LogP contribution in [0.4, 0.5) is 8.78 Å². The molecule has 12 rings (SSSR count). The maximum atomic E-state index is 16.2. The first kappa shape index (κ1) is 38.2. The molecule has 0 radical (unpaired) electrons. The Hall–Kier alpha value is -8.48. The fraction of sp³-hybridized carbons (Fsp3) is 0.0169. The summed E-state index contributed by atoms with van der Waals surface area (Å²) in [6.45, 7) is 2.08. The lowest BCUT2D eigenvalue weighted by atomic mass is 9.97. The van der Waals surface area contributed by atoms with E-state index in [4.69, 9.17) is 9.97 Å². The zero-order valence-corrected chi connectivity index (χ0v) is 35.3. The van der Waals surface area contributed by atoms with Crippen molar-refractivity contribution in [3.05, 3.63) is 230 Å². The van der Waals surface area contributed by atoms with Crippen LogP contribution < -0.4 is 0 Å². The van der Waals surface area contributed by atoms with E-state index in [-0.39, 0.29) is 5.56 Å². The molecule has 0 bridgehead atoms. The Morgan fingerprint density at radius 3 is 1.38 bits per heavy atom. The average Bonchev–Trinajstić information content (AvgIpc) is 3.86. The summed E-state index contributed by atoms with van der Waals surface area (Å²) in [5.41, 5.74) is 14.7.